The third-order valence-electron chi connectivity index (χ3n) is 4.16. The molecule has 0 aromatic heterocycles. The van der Waals surface area contributed by atoms with Crippen LogP contribution in [0.5, 0.6) is 0 Å². The molecule has 0 aliphatic carbocycles. The number of hydrogen-bond donors (Lipinski definition) is 0. The maximum Gasteiger partial charge on any atom is 0.225 e. The molecule has 0 aromatic carbocycles. The van der Waals surface area contributed by atoms with E-state index < -0.39 is 0 Å². The summed E-state index contributed by atoms with van der Waals surface area (Å²) in [6, 6.07) is 1.04. The molecule has 0 radical (unpaired) electrons. The van der Waals surface area contributed by atoms with E-state index in [4.69, 9.17) is 4.74 Å². The smallest absolute Gasteiger partial charge is 0.225 e. The number of carbonyl (C=O) groups is 1. The highest BCUT2D eigenvalue weighted by Gasteiger charge is 2.37. The van der Waals surface area contributed by atoms with Gasteiger partial charge in [0.05, 0.1) is 13.0 Å². The first-order valence-corrected chi connectivity index (χ1v) is 6.72. The van der Waals surface area contributed by atoms with Gasteiger partial charge in [-0.05, 0) is 39.3 Å². The fourth-order valence-electron chi connectivity index (χ4n) is 3.26. The first-order chi connectivity index (χ1) is 8.24. The Balaban J connectivity index is 1.94. The monoisotopic (exact) mass is 240 g/mol. The molecule has 0 bridgehead atoms. The number of amides is 1. The minimum absolute atomic E-state index is 0.273. The minimum Gasteiger partial charge on any atom is -0.384 e. The first kappa shape index (κ1) is 12.8. The standard InChI is InChI=1S/C13H24N2O2/c1-14-8-3-5-11(14)12-6-4-9-15(12)13(16)7-10-17-2/h11-12H,3-10H2,1-2H3/t11-,12-/m0/s1. The molecule has 2 atom stereocenters. The lowest BCUT2D eigenvalue weighted by atomic mass is 10.0. The van der Waals surface area contributed by atoms with Gasteiger partial charge in [0.1, 0.15) is 0 Å². The van der Waals surface area contributed by atoms with Crippen LogP contribution in [-0.4, -0.2) is 61.6 Å². The zero-order valence-electron chi connectivity index (χ0n) is 11.0. The van der Waals surface area contributed by atoms with Crippen molar-refractivity contribution >= 4 is 5.91 Å². The van der Waals surface area contributed by atoms with Gasteiger partial charge in [-0.15, -0.1) is 0 Å². The Bertz CT molecular complexity index is 270. The maximum absolute atomic E-state index is 12.1. The Morgan fingerprint density at radius 2 is 1.94 bits per heavy atom. The van der Waals surface area contributed by atoms with Crippen LogP contribution in [0.3, 0.4) is 0 Å². The summed E-state index contributed by atoms with van der Waals surface area (Å²) in [5.74, 6) is 0.273. The number of ether oxygens (including phenoxy) is 1. The molecule has 4 nitrogen and oxygen atoms in total. The lowest BCUT2D eigenvalue weighted by molar-refractivity contribution is -0.133. The number of likely N-dealkylation sites (N-methyl/N-ethyl adjacent to an activating group) is 1. The van der Waals surface area contributed by atoms with Crippen LogP contribution in [0.1, 0.15) is 32.1 Å². The number of carbonyl (C=O) groups excluding carboxylic acids is 1. The lowest BCUT2D eigenvalue weighted by Gasteiger charge is -2.33. The van der Waals surface area contributed by atoms with E-state index in [9.17, 15) is 4.79 Å². The number of hydrogen-bond acceptors (Lipinski definition) is 3. The van der Waals surface area contributed by atoms with Gasteiger partial charge >= 0.3 is 0 Å². The molecule has 2 aliphatic rings. The summed E-state index contributed by atoms with van der Waals surface area (Å²) in [4.78, 5) is 16.6. The molecule has 1 amide bonds. The van der Waals surface area contributed by atoms with E-state index in [2.05, 4.69) is 16.8 Å². The average Bonchev–Trinajstić information content (AvgIpc) is 2.93. The van der Waals surface area contributed by atoms with Crippen molar-refractivity contribution in [1.29, 1.82) is 0 Å². The van der Waals surface area contributed by atoms with E-state index in [0.717, 1.165) is 13.0 Å². The third kappa shape index (κ3) is 2.80. The molecule has 17 heavy (non-hydrogen) atoms. The predicted molar refractivity (Wildman–Crippen MR) is 66.9 cm³/mol. The van der Waals surface area contributed by atoms with Gasteiger partial charge in [-0.3, -0.25) is 4.79 Å². The largest absolute Gasteiger partial charge is 0.384 e. The fourth-order valence-corrected chi connectivity index (χ4v) is 3.26. The predicted octanol–water partition coefficient (Wildman–Crippen LogP) is 1.11. The first-order valence-electron chi connectivity index (χ1n) is 6.72. The zero-order valence-corrected chi connectivity index (χ0v) is 11.0. The summed E-state index contributed by atoms with van der Waals surface area (Å²) >= 11 is 0. The topological polar surface area (TPSA) is 32.8 Å². The highest BCUT2D eigenvalue weighted by molar-refractivity contribution is 5.77. The van der Waals surface area contributed by atoms with Crippen molar-refractivity contribution in [3.8, 4) is 0 Å². The molecule has 2 saturated heterocycles. The van der Waals surface area contributed by atoms with Crippen molar-refractivity contribution in [2.75, 3.05) is 33.9 Å². The van der Waals surface area contributed by atoms with Crippen molar-refractivity contribution in [3.63, 3.8) is 0 Å². The molecule has 2 heterocycles. The average molecular weight is 240 g/mol. The molecule has 0 spiro atoms. The molecule has 0 saturated carbocycles. The van der Waals surface area contributed by atoms with E-state index in [1.165, 1.54) is 25.8 Å². The molecule has 2 aliphatic heterocycles. The summed E-state index contributed by atoms with van der Waals surface area (Å²) in [6.07, 6.45) is 5.39. The van der Waals surface area contributed by atoms with Crippen LogP contribution in [0.2, 0.25) is 0 Å². The van der Waals surface area contributed by atoms with Gasteiger partial charge in [-0.25, -0.2) is 0 Å². The summed E-state index contributed by atoms with van der Waals surface area (Å²) in [5.41, 5.74) is 0. The Kier molecular flexibility index (Phi) is 4.40. The highest BCUT2D eigenvalue weighted by Crippen LogP contribution is 2.29. The van der Waals surface area contributed by atoms with Crippen LogP contribution in [0.25, 0.3) is 0 Å². The van der Waals surface area contributed by atoms with E-state index >= 15 is 0 Å². The van der Waals surface area contributed by atoms with Gasteiger partial charge in [0.15, 0.2) is 0 Å². The summed E-state index contributed by atoms with van der Waals surface area (Å²) in [5, 5.41) is 0. The molecular formula is C13H24N2O2. The maximum atomic E-state index is 12.1. The van der Waals surface area contributed by atoms with Crippen LogP contribution in [0, 0.1) is 0 Å². The van der Waals surface area contributed by atoms with Crippen molar-refractivity contribution < 1.29 is 9.53 Å². The van der Waals surface area contributed by atoms with Crippen LogP contribution in [0.15, 0.2) is 0 Å². The molecule has 98 valence electrons. The quantitative estimate of drug-likeness (QED) is 0.738. The SMILES string of the molecule is COCCC(=O)N1CCC[C@H]1[C@@H]1CCCN1C. The normalized spacial score (nSPS) is 30.1. The van der Waals surface area contributed by atoms with Crippen molar-refractivity contribution in [3.05, 3.63) is 0 Å². The second-order valence-corrected chi connectivity index (χ2v) is 5.23. The van der Waals surface area contributed by atoms with E-state index in [1.807, 2.05) is 0 Å². The van der Waals surface area contributed by atoms with Crippen LogP contribution < -0.4 is 0 Å². The van der Waals surface area contributed by atoms with Gasteiger partial charge in [-0.2, -0.15) is 0 Å². The van der Waals surface area contributed by atoms with Crippen molar-refractivity contribution in [1.82, 2.24) is 9.80 Å². The second kappa shape index (κ2) is 5.83. The molecule has 2 rings (SSSR count). The van der Waals surface area contributed by atoms with Crippen molar-refractivity contribution in [2.45, 2.75) is 44.2 Å². The van der Waals surface area contributed by atoms with Crippen LogP contribution in [-0.2, 0) is 9.53 Å². The molecule has 0 aromatic rings. The van der Waals surface area contributed by atoms with Gasteiger partial charge in [0.2, 0.25) is 5.91 Å². The van der Waals surface area contributed by atoms with Gasteiger partial charge in [0.25, 0.3) is 0 Å². The van der Waals surface area contributed by atoms with Gasteiger partial charge in [-0.1, -0.05) is 0 Å². The Hall–Kier alpha value is -0.610. The number of rotatable bonds is 4. The zero-order chi connectivity index (χ0) is 12.3. The second-order valence-electron chi connectivity index (χ2n) is 5.23. The number of nitrogens with zero attached hydrogens (tertiary/aromatic N) is 2. The lowest BCUT2D eigenvalue weighted by Crippen LogP contribution is -2.47. The van der Waals surface area contributed by atoms with E-state index in [-0.39, 0.29) is 5.91 Å². The molecule has 4 heteroatoms. The summed E-state index contributed by atoms with van der Waals surface area (Å²) in [6.45, 7) is 2.67. The Morgan fingerprint density at radius 1 is 1.24 bits per heavy atom. The summed E-state index contributed by atoms with van der Waals surface area (Å²) in [7, 11) is 3.84. The third-order valence-corrected chi connectivity index (χ3v) is 4.16. The van der Waals surface area contributed by atoms with E-state index in [0.29, 0.717) is 25.1 Å². The summed E-state index contributed by atoms with van der Waals surface area (Å²) < 4.78 is 5.00. The van der Waals surface area contributed by atoms with Crippen molar-refractivity contribution in [2.24, 2.45) is 0 Å². The molecular weight excluding hydrogens is 216 g/mol. The van der Waals surface area contributed by atoms with Gasteiger partial charge < -0.3 is 14.5 Å². The van der Waals surface area contributed by atoms with Crippen LogP contribution in [0.4, 0.5) is 0 Å². The number of methoxy groups -OCH3 is 1. The van der Waals surface area contributed by atoms with Gasteiger partial charge in [0, 0.05) is 25.7 Å². The molecule has 0 N–H and O–H groups in total. The Labute approximate surface area is 104 Å². The molecule has 0 unspecified atom stereocenters. The minimum atomic E-state index is 0.273. The fraction of sp³-hybridized carbons (Fsp3) is 0.923. The van der Waals surface area contributed by atoms with Crippen LogP contribution >= 0.6 is 0 Å². The van der Waals surface area contributed by atoms with E-state index in [1.54, 1.807) is 7.11 Å². The number of likely N-dealkylation sites (tertiary alicyclic amines) is 2. The highest BCUT2D eigenvalue weighted by atomic mass is 16.5. The Morgan fingerprint density at radius 3 is 2.59 bits per heavy atom. The molecule has 2 fully saturated rings.